The van der Waals surface area contributed by atoms with Gasteiger partial charge in [-0.3, -0.25) is 9.78 Å². The van der Waals surface area contributed by atoms with Gasteiger partial charge in [-0.1, -0.05) is 38.1 Å². The van der Waals surface area contributed by atoms with E-state index in [1.807, 2.05) is 29.2 Å². The molecule has 1 aromatic carbocycles. The first-order chi connectivity index (χ1) is 11.1. The van der Waals surface area contributed by atoms with E-state index >= 15 is 0 Å². The lowest BCUT2D eigenvalue weighted by Crippen LogP contribution is -2.51. The highest BCUT2D eigenvalue weighted by Crippen LogP contribution is 2.36. The van der Waals surface area contributed by atoms with Crippen molar-refractivity contribution in [2.45, 2.75) is 38.6 Å². The predicted octanol–water partition coefficient (Wildman–Crippen LogP) is 3.25. The zero-order chi connectivity index (χ0) is 16.4. The van der Waals surface area contributed by atoms with Gasteiger partial charge in [0.2, 0.25) is 0 Å². The van der Waals surface area contributed by atoms with Gasteiger partial charge in [-0.15, -0.1) is 0 Å². The van der Waals surface area contributed by atoms with Crippen LogP contribution in [-0.2, 0) is 0 Å². The van der Waals surface area contributed by atoms with Gasteiger partial charge >= 0.3 is 0 Å². The molecule has 0 spiro atoms. The van der Waals surface area contributed by atoms with E-state index in [1.165, 1.54) is 0 Å². The predicted molar refractivity (Wildman–Crippen MR) is 91.3 cm³/mol. The molecule has 0 unspecified atom stereocenters. The lowest BCUT2D eigenvalue weighted by Gasteiger charge is -2.38. The van der Waals surface area contributed by atoms with E-state index in [0.29, 0.717) is 18.0 Å². The summed E-state index contributed by atoms with van der Waals surface area (Å²) in [6, 6.07) is 7.82. The Bertz CT molecular complexity index is 708. The number of nitrogens with zero attached hydrogens (tertiary/aromatic N) is 2. The third-order valence-electron chi connectivity index (χ3n) is 4.82. The minimum Gasteiger partial charge on any atom is -0.394 e. The highest BCUT2D eigenvalue weighted by Gasteiger charge is 2.43. The molecule has 0 bridgehead atoms. The van der Waals surface area contributed by atoms with Crippen LogP contribution >= 0.6 is 0 Å². The first-order valence-electron chi connectivity index (χ1n) is 8.33. The Labute approximate surface area is 137 Å². The summed E-state index contributed by atoms with van der Waals surface area (Å²) in [4.78, 5) is 19.3. The number of amides is 1. The Hall–Kier alpha value is -1.94. The molecule has 2 heterocycles. The molecule has 0 saturated carbocycles. The van der Waals surface area contributed by atoms with Gasteiger partial charge in [0, 0.05) is 24.3 Å². The van der Waals surface area contributed by atoms with Gasteiger partial charge in [-0.05, 0) is 30.6 Å². The van der Waals surface area contributed by atoms with Crippen LogP contribution in [0.3, 0.4) is 0 Å². The van der Waals surface area contributed by atoms with Crippen molar-refractivity contribution in [3.63, 3.8) is 0 Å². The Balaban J connectivity index is 2.01. The molecule has 1 fully saturated rings. The van der Waals surface area contributed by atoms with Crippen LogP contribution in [0.25, 0.3) is 10.8 Å². The van der Waals surface area contributed by atoms with Crippen LogP contribution in [0.5, 0.6) is 0 Å². The maximum absolute atomic E-state index is 13.2. The molecule has 0 radical (unpaired) electrons. The zero-order valence-corrected chi connectivity index (χ0v) is 13.8. The molecule has 1 amide bonds. The van der Waals surface area contributed by atoms with E-state index in [-0.39, 0.29) is 12.5 Å². The fourth-order valence-corrected chi connectivity index (χ4v) is 3.89. The SMILES string of the molecule is CC(C)C[C@]1(CO)CCCN1C(=O)c1cncc2ccccc12. The molecule has 4 nitrogen and oxygen atoms in total. The van der Waals surface area contributed by atoms with E-state index < -0.39 is 5.54 Å². The summed E-state index contributed by atoms with van der Waals surface area (Å²) in [6.45, 7) is 5.00. The van der Waals surface area contributed by atoms with Crippen molar-refractivity contribution in [2.24, 2.45) is 5.92 Å². The molecule has 2 aromatic rings. The van der Waals surface area contributed by atoms with Crippen LogP contribution in [0.1, 0.15) is 43.5 Å². The Morgan fingerprint density at radius 3 is 2.87 bits per heavy atom. The van der Waals surface area contributed by atoms with Crippen molar-refractivity contribution >= 4 is 16.7 Å². The molecule has 1 aliphatic rings. The molecule has 0 aliphatic carbocycles. The summed E-state index contributed by atoms with van der Waals surface area (Å²) in [6.07, 6.45) is 6.07. The van der Waals surface area contributed by atoms with Crippen molar-refractivity contribution in [1.29, 1.82) is 0 Å². The number of benzene rings is 1. The molecule has 23 heavy (non-hydrogen) atoms. The van der Waals surface area contributed by atoms with Crippen LogP contribution < -0.4 is 0 Å². The van der Waals surface area contributed by atoms with Gasteiger partial charge in [0.25, 0.3) is 5.91 Å². The first-order valence-corrected chi connectivity index (χ1v) is 8.33. The van der Waals surface area contributed by atoms with Crippen LogP contribution in [0.2, 0.25) is 0 Å². The Morgan fingerprint density at radius 1 is 1.35 bits per heavy atom. The summed E-state index contributed by atoms with van der Waals surface area (Å²) in [5.41, 5.74) is 0.203. The molecule has 1 atom stereocenters. The van der Waals surface area contributed by atoms with Gasteiger partial charge in [0.15, 0.2) is 0 Å². The van der Waals surface area contributed by atoms with Crippen molar-refractivity contribution in [3.8, 4) is 0 Å². The quantitative estimate of drug-likeness (QED) is 0.943. The average molecular weight is 312 g/mol. The number of pyridine rings is 1. The standard InChI is InChI=1S/C19H24N2O2/c1-14(2)10-19(13-22)8-5-9-21(19)18(23)17-12-20-11-15-6-3-4-7-16(15)17/h3-4,6-7,11-12,14,22H,5,8-10,13H2,1-2H3/t19-/m0/s1. The lowest BCUT2D eigenvalue weighted by atomic mass is 9.86. The highest BCUT2D eigenvalue weighted by molar-refractivity contribution is 6.06. The number of hydrogen-bond acceptors (Lipinski definition) is 3. The van der Waals surface area contributed by atoms with Crippen molar-refractivity contribution in [1.82, 2.24) is 9.88 Å². The molecule has 3 rings (SSSR count). The fourth-order valence-electron chi connectivity index (χ4n) is 3.89. The zero-order valence-electron chi connectivity index (χ0n) is 13.8. The van der Waals surface area contributed by atoms with Gasteiger partial charge in [0.1, 0.15) is 0 Å². The number of carbonyl (C=O) groups excluding carboxylic acids is 1. The number of likely N-dealkylation sites (tertiary alicyclic amines) is 1. The summed E-state index contributed by atoms with van der Waals surface area (Å²) >= 11 is 0. The number of aliphatic hydroxyl groups excluding tert-OH is 1. The second-order valence-electron chi connectivity index (χ2n) is 6.95. The molecule has 122 valence electrons. The topological polar surface area (TPSA) is 53.4 Å². The summed E-state index contributed by atoms with van der Waals surface area (Å²) in [5, 5.41) is 11.9. The van der Waals surface area contributed by atoms with E-state index in [2.05, 4.69) is 18.8 Å². The largest absolute Gasteiger partial charge is 0.394 e. The number of aromatic nitrogens is 1. The second kappa shape index (κ2) is 6.28. The van der Waals surface area contributed by atoms with Gasteiger partial charge in [-0.25, -0.2) is 0 Å². The summed E-state index contributed by atoms with van der Waals surface area (Å²) in [7, 11) is 0. The monoisotopic (exact) mass is 312 g/mol. The maximum atomic E-state index is 13.2. The van der Waals surface area contributed by atoms with Crippen molar-refractivity contribution in [2.75, 3.05) is 13.2 Å². The molecular weight excluding hydrogens is 288 g/mol. The van der Waals surface area contributed by atoms with Crippen LogP contribution in [-0.4, -0.2) is 39.6 Å². The fraction of sp³-hybridized carbons (Fsp3) is 0.474. The van der Waals surface area contributed by atoms with Crippen LogP contribution in [0.4, 0.5) is 0 Å². The van der Waals surface area contributed by atoms with Crippen molar-refractivity contribution < 1.29 is 9.90 Å². The van der Waals surface area contributed by atoms with E-state index in [0.717, 1.165) is 30.0 Å². The van der Waals surface area contributed by atoms with E-state index in [1.54, 1.807) is 12.4 Å². The Morgan fingerprint density at radius 2 is 2.13 bits per heavy atom. The maximum Gasteiger partial charge on any atom is 0.256 e. The average Bonchev–Trinajstić information content (AvgIpc) is 2.97. The lowest BCUT2D eigenvalue weighted by molar-refractivity contribution is 0.0334. The number of fused-ring (bicyclic) bond motifs is 1. The third-order valence-corrected chi connectivity index (χ3v) is 4.82. The minimum atomic E-state index is -0.428. The highest BCUT2D eigenvalue weighted by atomic mass is 16.3. The molecule has 1 aromatic heterocycles. The minimum absolute atomic E-state index is 0.0125. The Kier molecular flexibility index (Phi) is 4.35. The van der Waals surface area contributed by atoms with Crippen LogP contribution in [0, 0.1) is 5.92 Å². The second-order valence-corrected chi connectivity index (χ2v) is 6.95. The smallest absolute Gasteiger partial charge is 0.256 e. The normalized spacial score (nSPS) is 21.3. The third kappa shape index (κ3) is 2.83. The molecule has 1 N–H and O–H groups in total. The van der Waals surface area contributed by atoms with E-state index in [4.69, 9.17) is 0 Å². The summed E-state index contributed by atoms with van der Waals surface area (Å²) < 4.78 is 0. The number of aliphatic hydroxyl groups is 1. The number of carbonyl (C=O) groups is 1. The molecular formula is C19H24N2O2. The van der Waals surface area contributed by atoms with E-state index in [9.17, 15) is 9.90 Å². The van der Waals surface area contributed by atoms with Gasteiger partial charge < -0.3 is 10.0 Å². The summed E-state index contributed by atoms with van der Waals surface area (Å²) in [5.74, 6) is 0.419. The van der Waals surface area contributed by atoms with Crippen molar-refractivity contribution in [3.05, 3.63) is 42.2 Å². The molecule has 4 heteroatoms. The van der Waals surface area contributed by atoms with Gasteiger partial charge in [0.05, 0.1) is 17.7 Å². The van der Waals surface area contributed by atoms with Crippen LogP contribution in [0.15, 0.2) is 36.7 Å². The molecule has 1 aliphatic heterocycles. The van der Waals surface area contributed by atoms with Gasteiger partial charge in [-0.2, -0.15) is 0 Å². The molecule has 1 saturated heterocycles. The number of hydrogen-bond donors (Lipinski definition) is 1. The number of rotatable bonds is 4. The first kappa shape index (κ1) is 15.9.